The molecule has 1 aliphatic heterocycles. The third kappa shape index (κ3) is 2.60. The highest BCUT2D eigenvalue weighted by molar-refractivity contribution is 6.55. The number of allylic oxidation sites excluding steroid dienone is 1. The van der Waals surface area contributed by atoms with E-state index in [9.17, 15) is 4.79 Å². The zero-order valence-electron chi connectivity index (χ0n) is 12.3. The van der Waals surface area contributed by atoms with Gasteiger partial charge in [0.05, 0.1) is 5.92 Å². The van der Waals surface area contributed by atoms with Crippen LogP contribution in [-0.2, 0) is 11.2 Å². The number of para-hydroxylation sites is 1. The number of anilines is 1. The van der Waals surface area contributed by atoms with Crippen molar-refractivity contribution in [1.82, 2.24) is 0 Å². The lowest BCUT2D eigenvalue weighted by atomic mass is 10.0. The van der Waals surface area contributed by atoms with Gasteiger partial charge in [0.2, 0.25) is 5.91 Å². The molecule has 4 heteroatoms. The van der Waals surface area contributed by atoms with Gasteiger partial charge in [-0.2, -0.15) is 0 Å². The Morgan fingerprint density at radius 1 is 1.33 bits per heavy atom. The van der Waals surface area contributed by atoms with E-state index in [1.54, 1.807) is 0 Å². The molecule has 1 heterocycles. The Labute approximate surface area is 135 Å². The molecule has 2 aliphatic rings. The Morgan fingerprint density at radius 3 is 2.76 bits per heavy atom. The van der Waals surface area contributed by atoms with Crippen molar-refractivity contribution < 1.29 is 4.79 Å². The van der Waals surface area contributed by atoms with Crippen molar-refractivity contribution >= 4 is 34.8 Å². The van der Waals surface area contributed by atoms with Crippen LogP contribution in [-0.4, -0.2) is 12.5 Å². The van der Waals surface area contributed by atoms with E-state index in [2.05, 4.69) is 19.9 Å². The highest BCUT2D eigenvalue weighted by Gasteiger charge is 2.61. The van der Waals surface area contributed by atoms with Crippen LogP contribution in [0.4, 0.5) is 5.69 Å². The number of carbonyl (C=O) groups is 1. The molecular weight excluding hydrogens is 305 g/mol. The second kappa shape index (κ2) is 5.33. The Balaban J connectivity index is 1.86. The summed E-state index contributed by atoms with van der Waals surface area (Å²) >= 11 is 11.6. The Kier molecular flexibility index (Phi) is 3.79. The monoisotopic (exact) mass is 323 g/mol. The summed E-state index contributed by atoms with van der Waals surface area (Å²) in [6.45, 7) is 5.00. The first-order valence-corrected chi connectivity index (χ1v) is 8.10. The molecule has 1 saturated carbocycles. The van der Waals surface area contributed by atoms with E-state index < -0.39 is 0 Å². The number of halogens is 2. The van der Waals surface area contributed by atoms with Gasteiger partial charge in [-0.25, -0.2) is 0 Å². The van der Waals surface area contributed by atoms with Crippen LogP contribution in [0.25, 0.3) is 0 Å². The van der Waals surface area contributed by atoms with Gasteiger partial charge >= 0.3 is 0 Å². The lowest BCUT2D eigenvalue weighted by molar-refractivity contribution is -0.120. The summed E-state index contributed by atoms with van der Waals surface area (Å²) in [5.41, 5.74) is 2.26. The van der Waals surface area contributed by atoms with Crippen molar-refractivity contribution in [3.05, 3.63) is 40.4 Å². The molecule has 1 fully saturated rings. The molecule has 0 N–H and O–H groups in total. The zero-order chi connectivity index (χ0) is 15.2. The predicted octanol–water partition coefficient (Wildman–Crippen LogP) is 4.56. The minimum atomic E-state index is -0.0709. The molecule has 0 aromatic heterocycles. The Bertz CT molecular complexity index is 605. The van der Waals surface area contributed by atoms with Gasteiger partial charge in [0.1, 0.15) is 4.49 Å². The van der Waals surface area contributed by atoms with Crippen LogP contribution in [0.2, 0.25) is 0 Å². The summed E-state index contributed by atoms with van der Waals surface area (Å²) in [5.74, 6) is 0.295. The average molecular weight is 324 g/mol. The van der Waals surface area contributed by atoms with Crippen LogP contribution in [0.5, 0.6) is 0 Å². The van der Waals surface area contributed by atoms with Crippen molar-refractivity contribution in [2.24, 2.45) is 17.3 Å². The van der Waals surface area contributed by atoms with E-state index >= 15 is 0 Å². The molecule has 2 atom stereocenters. The van der Waals surface area contributed by atoms with Crippen LogP contribution < -0.4 is 4.90 Å². The number of aryl methyl sites for hydroxylation is 1. The fraction of sp³-hybridized carbons (Fsp3) is 0.471. The molecule has 1 aliphatic carbocycles. The van der Waals surface area contributed by atoms with E-state index in [-0.39, 0.29) is 27.6 Å². The number of hydrogen-bond donors (Lipinski definition) is 0. The maximum atomic E-state index is 12.9. The molecule has 0 radical (unpaired) electrons. The van der Waals surface area contributed by atoms with Gasteiger partial charge in [-0.3, -0.25) is 4.79 Å². The molecule has 2 nitrogen and oxygen atoms in total. The van der Waals surface area contributed by atoms with E-state index in [0.717, 1.165) is 25.1 Å². The second-order valence-corrected chi connectivity index (χ2v) is 7.51. The van der Waals surface area contributed by atoms with E-state index in [1.165, 1.54) is 5.56 Å². The number of hydrogen-bond acceptors (Lipinski definition) is 1. The van der Waals surface area contributed by atoms with Crippen molar-refractivity contribution in [2.75, 3.05) is 11.4 Å². The van der Waals surface area contributed by atoms with Gasteiger partial charge in [0.15, 0.2) is 0 Å². The van der Waals surface area contributed by atoms with Crippen molar-refractivity contribution in [2.45, 2.75) is 26.7 Å². The smallest absolute Gasteiger partial charge is 0.231 e. The van der Waals surface area contributed by atoms with Gasteiger partial charge in [-0.1, -0.05) is 55.2 Å². The minimum absolute atomic E-state index is 0.0313. The normalized spacial score (nSPS) is 26.0. The van der Waals surface area contributed by atoms with E-state index in [0.29, 0.717) is 0 Å². The lowest BCUT2D eigenvalue weighted by Gasteiger charge is -2.30. The SMILES string of the molecule is CC1(C)[C@H](C(=O)N2CCCc3ccccc32)[C@@H]1C=C(Cl)Cl. The third-order valence-electron chi connectivity index (χ3n) is 4.86. The molecule has 112 valence electrons. The van der Waals surface area contributed by atoms with Crippen LogP contribution in [0, 0.1) is 17.3 Å². The topological polar surface area (TPSA) is 20.3 Å². The third-order valence-corrected chi connectivity index (χ3v) is 5.11. The maximum absolute atomic E-state index is 12.9. The first-order chi connectivity index (χ1) is 9.93. The molecule has 1 aromatic rings. The Hall–Kier alpha value is -0.990. The van der Waals surface area contributed by atoms with E-state index in [1.807, 2.05) is 29.2 Å². The molecule has 21 heavy (non-hydrogen) atoms. The van der Waals surface area contributed by atoms with Gasteiger partial charge < -0.3 is 4.90 Å². The molecule has 0 spiro atoms. The molecule has 0 saturated heterocycles. The summed E-state index contributed by atoms with van der Waals surface area (Å²) in [4.78, 5) is 14.9. The molecular formula is C17H19Cl2NO. The summed E-state index contributed by atoms with van der Waals surface area (Å²) in [6, 6.07) is 8.18. The number of carbonyl (C=O) groups excluding carboxylic acids is 1. The summed E-state index contributed by atoms with van der Waals surface area (Å²) < 4.78 is 0.252. The second-order valence-electron chi connectivity index (χ2n) is 6.50. The van der Waals surface area contributed by atoms with Gasteiger partial charge in [0.25, 0.3) is 0 Å². The van der Waals surface area contributed by atoms with Crippen LogP contribution in [0.15, 0.2) is 34.8 Å². The minimum Gasteiger partial charge on any atom is -0.312 e. The molecule has 3 rings (SSSR count). The first-order valence-electron chi connectivity index (χ1n) is 7.35. The summed E-state index contributed by atoms with van der Waals surface area (Å²) in [5, 5.41) is 0. The standard InChI is InChI=1S/C17H19Cl2NO/c1-17(2)12(10-14(18)19)15(17)16(21)20-9-5-7-11-6-3-4-8-13(11)20/h3-4,6,8,10,12,15H,5,7,9H2,1-2H3/t12-,15-/m0/s1. The molecule has 0 bridgehead atoms. The Morgan fingerprint density at radius 2 is 2.05 bits per heavy atom. The fourth-order valence-electron chi connectivity index (χ4n) is 3.53. The van der Waals surface area contributed by atoms with Gasteiger partial charge in [0, 0.05) is 12.2 Å². The number of nitrogens with zero attached hydrogens (tertiary/aromatic N) is 1. The number of benzene rings is 1. The molecule has 1 amide bonds. The average Bonchev–Trinajstić information content (AvgIpc) is 2.97. The quantitative estimate of drug-likeness (QED) is 0.781. The lowest BCUT2D eigenvalue weighted by Crippen LogP contribution is -2.37. The largest absolute Gasteiger partial charge is 0.312 e. The van der Waals surface area contributed by atoms with Crippen molar-refractivity contribution in [1.29, 1.82) is 0 Å². The molecule has 1 aromatic carbocycles. The van der Waals surface area contributed by atoms with E-state index in [4.69, 9.17) is 23.2 Å². The number of amides is 1. The van der Waals surface area contributed by atoms with Crippen molar-refractivity contribution in [3.8, 4) is 0 Å². The summed E-state index contributed by atoms with van der Waals surface area (Å²) in [6.07, 6.45) is 3.87. The van der Waals surface area contributed by atoms with Crippen LogP contribution >= 0.6 is 23.2 Å². The first kappa shape index (κ1) is 14.9. The highest BCUT2D eigenvalue weighted by atomic mass is 35.5. The fourth-order valence-corrected chi connectivity index (χ4v) is 3.80. The van der Waals surface area contributed by atoms with Gasteiger partial charge in [-0.05, 0) is 41.9 Å². The number of fused-ring (bicyclic) bond motifs is 1. The predicted molar refractivity (Wildman–Crippen MR) is 87.7 cm³/mol. The highest BCUT2D eigenvalue weighted by Crippen LogP contribution is 2.60. The molecule has 0 unspecified atom stereocenters. The zero-order valence-corrected chi connectivity index (χ0v) is 13.8. The maximum Gasteiger partial charge on any atom is 0.231 e. The van der Waals surface area contributed by atoms with Crippen LogP contribution in [0.1, 0.15) is 25.8 Å². The van der Waals surface area contributed by atoms with Crippen molar-refractivity contribution in [3.63, 3.8) is 0 Å². The summed E-state index contributed by atoms with van der Waals surface area (Å²) in [7, 11) is 0. The van der Waals surface area contributed by atoms with Gasteiger partial charge in [-0.15, -0.1) is 0 Å². The number of rotatable bonds is 2. The van der Waals surface area contributed by atoms with Crippen LogP contribution in [0.3, 0.4) is 0 Å².